The van der Waals surface area contributed by atoms with Crippen LogP contribution < -0.4 is 33.3 Å². The number of carbonyl (C=O) groups excluding carboxylic acids is 1. The first-order chi connectivity index (χ1) is 17.1. The molecule has 0 spiro atoms. The summed E-state index contributed by atoms with van der Waals surface area (Å²) in [5.41, 5.74) is 2.88. The molecule has 0 unspecified atom stereocenters. The Morgan fingerprint density at radius 1 is 0.886 bits per heavy atom. The third kappa shape index (κ3) is 3.86. The maximum Gasteiger partial charge on any atom is 0.231 e. The number of carbonyl (C=O) groups is 1. The molecule has 0 aromatic heterocycles. The Morgan fingerprint density at radius 2 is 1.60 bits per heavy atom. The molecule has 0 aliphatic carbocycles. The van der Waals surface area contributed by atoms with E-state index < -0.39 is 0 Å². The monoisotopic (exact) mass is 475 g/mol. The molecule has 0 saturated carbocycles. The molecule has 3 aromatic rings. The number of nitrogens with zero attached hydrogens (tertiary/aromatic N) is 1. The van der Waals surface area contributed by atoms with Crippen molar-refractivity contribution in [2.75, 3.05) is 40.1 Å². The number of hydrogen-bond acceptors (Lipinski definition) is 8. The first-order valence-corrected chi connectivity index (χ1v) is 11.0. The maximum absolute atomic E-state index is 13.2. The van der Waals surface area contributed by atoms with E-state index in [0.717, 1.165) is 17.0 Å². The zero-order valence-corrected chi connectivity index (χ0v) is 19.9. The largest absolute Gasteiger partial charge is 0.495 e. The number of ketones is 1. The Bertz CT molecular complexity index is 1310. The standard InChI is InChI=1S/C27H25NO7/c1-30-21-8-6-5-7-19(21)28-14-18-20(34-15-28)10-9-17-25(29)22(35-26(17)18)11-16-12-23(31-2)27(33-4)24(13-16)32-3/h5-13H,14-15H2,1-4H3/b22-11-. The molecule has 0 atom stereocenters. The van der Waals surface area contributed by atoms with Gasteiger partial charge in [-0.3, -0.25) is 4.79 Å². The van der Waals surface area contributed by atoms with Crippen LogP contribution in [0, 0.1) is 0 Å². The highest BCUT2D eigenvalue weighted by atomic mass is 16.5. The van der Waals surface area contributed by atoms with Crippen molar-refractivity contribution < 1.29 is 33.2 Å². The van der Waals surface area contributed by atoms with E-state index in [1.807, 2.05) is 35.2 Å². The molecule has 0 N–H and O–H groups in total. The number of anilines is 1. The molecule has 35 heavy (non-hydrogen) atoms. The third-order valence-electron chi connectivity index (χ3n) is 6.03. The lowest BCUT2D eigenvalue weighted by Crippen LogP contribution is -2.32. The summed E-state index contributed by atoms with van der Waals surface area (Å²) in [7, 11) is 6.26. The fourth-order valence-electron chi connectivity index (χ4n) is 4.34. The molecule has 2 heterocycles. The van der Waals surface area contributed by atoms with E-state index in [2.05, 4.69) is 0 Å². The quantitative estimate of drug-likeness (QED) is 0.475. The molecule has 8 heteroatoms. The summed E-state index contributed by atoms with van der Waals surface area (Å²) in [4.78, 5) is 15.3. The summed E-state index contributed by atoms with van der Waals surface area (Å²) in [5, 5.41) is 0. The first-order valence-electron chi connectivity index (χ1n) is 11.0. The van der Waals surface area contributed by atoms with Gasteiger partial charge in [0.25, 0.3) is 0 Å². The number of para-hydroxylation sites is 2. The van der Waals surface area contributed by atoms with Crippen LogP contribution in [-0.2, 0) is 6.54 Å². The number of hydrogen-bond donors (Lipinski definition) is 0. The van der Waals surface area contributed by atoms with E-state index in [9.17, 15) is 4.79 Å². The molecule has 0 fully saturated rings. The summed E-state index contributed by atoms with van der Waals surface area (Å²) >= 11 is 0. The van der Waals surface area contributed by atoms with E-state index in [-0.39, 0.29) is 11.5 Å². The molecule has 2 aliphatic rings. The van der Waals surface area contributed by atoms with Crippen LogP contribution in [0.3, 0.4) is 0 Å². The van der Waals surface area contributed by atoms with Gasteiger partial charge in [0.1, 0.15) is 17.2 Å². The van der Waals surface area contributed by atoms with Gasteiger partial charge in [-0.05, 0) is 48.0 Å². The lowest BCUT2D eigenvalue weighted by atomic mass is 10.0. The van der Waals surface area contributed by atoms with Gasteiger partial charge in [0.2, 0.25) is 11.5 Å². The average molecular weight is 475 g/mol. The van der Waals surface area contributed by atoms with E-state index in [1.54, 1.807) is 45.6 Å². The molecule has 180 valence electrons. The predicted octanol–water partition coefficient (Wildman–Crippen LogP) is 4.69. The van der Waals surface area contributed by atoms with Crippen LogP contribution in [-0.4, -0.2) is 41.0 Å². The van der Waals surface area contributed by atoms with Gasteiger partial charge < -0.3 is 33.3 Å². The summed E-state index contributed by atoms with van der Waals surface area (Å²) in [6, 6.07) is 14.8. The second-order valence-electron chi connectivity index (χ2n) is 7.96. The van der Waals surface area contributed by atoms with Crippen molar-refractivity contribution in [2.45, 2.75) is 6.54 Å². The van der Waals surface area contributed by atoms with Crippen molar-refractivity contribution >= 4 is 17.5 Å². The SMILES string of the molecule is COc1ccccc1N1COc2ccc3c(c2C1)O/C(=C\c1cc(OC)c(OC)c(OC)c1)C3=O. The Morgan fingerprint density at radius 3 is 2.29 bits per heavy atom. The molecule has 0 saturated heterocycles. The van der Waals surface area contributed by atoms with Crippen LogP contribution in [0.15, 0.2) is 54.3 Å². The summed E-state index contributed by atoms with van der Waals surface area (Å²) in [6.07, 6.45) is 1.67. The predicted molar refractivity (Wildman–Crippen MR) is 130 cm³/mol. The van der Waals surface area contributed by atoms with Gasteiger partial charge in [0.15, 0.2) is 24.0 Å². The molecule has 2 aliphatic heterocycles. The van der Waals surface area contributed by atoms with Crippen molar-refractivity contribution in [3.8, 4) is 34.5 Å². The summed E-state index contributed by atoms with van der Waals surface area (Å²) in [5.74, 6) is 3.39. The second-order valence-corrected chi connectivity index (χ2v) is 7.96. The van der Waals surface area contributed by atoms with Crippen LogP contribution in [0.2, 0.25) is 0 Å². The summed E-state index contributed by atoms with van der Waals surface area (Å²) < 4.78 is 33.9. The minimum absolute atomic E-state index is 0.203. The van der Waals surface area contributed by atoms with Gasteiger partial charge in [-0.25, -0.2) is 0 Å². The number of rotatable bonds is 6. The minimum atomic E-state index is -0.203. The van der Waals surface area contributed by atoms with E-state index in [4.69, 9.17) is 28.4 Å². The normalized spacial score (nSPS) is 15.1. The van der Waals surface area contributed by atoms with Crippen LogP contribution in [0.4, 0.5) is 5.69 Å². The molecule has 3 aromatic carbocycles. The van der Waals surface area contributed by atoms with Gasteiger partial charge in [-0.2, -0.15) is 0 Å². The van der Waals surface area contributed by atoms with Crippen molar-refractivity contribution in [3.63, 3.8) is 0 Å². The smallest absolute Gasteiger partial charge is 0.231 e. The second kappa shape index (κ2) is 9.13. The fourth-order valence-corrected chi connectivity index (χ4v) is 4.34. The zero-order valence-electron chi connectivity index (χ0n) is 19.9. The summed E-state index contributed by atoms with van der Waals surface area (Å²) in [6.45, 7) is 0.859. The van der Waals surface area contributed by atoms with E-state index in [0.29, 0.717) is 53.2 Å². The van der Waals surface area contributed by atoms with Crippen molar-refractivity contribution in [1.29, 1.82) is 0 Å². The number of ether oxygens (including phenoxy) is 6. The molecular formula is C27H25NO7. The number of methoxy groups -OCH3 is 4. The molecular weight excluding hydrogens is 450 g/mol. The average Bonchev–Trinajstić information content (AvgIpc) is 3.22. The van der Waals surface area contributed by atoms with Crippen molar-refractivity contribution in [2.24, 2.45) is 0 Å². The van der Waals surface area contributed by atoms with Crippen LogP contribution in [0.25, 0.3) is 6.08 Å². The maximum atomic E-state index is 13.2. The van der Waals surface area contributed by atoms with Crippen molar-refractivity contribution in [1.82, 2.24) is 0 Å². The molecule has 0 bridgehead atoms. The number of Topliss-reactive ketones (excluding diaryl/α,β-unsaturated/α-hetero) is 1. The van der Waals surface area contributed by atoms with Gasteiger partial charge in [-0.15, -0.1) is 0 Å². The van der Waals surface area contributed by atoms with Gasteiger partial charge in [-0.1, -0.05) is 12.1 Å². The van der Waals surface area contributed by atoms with Gasteiger partial charge >= 0.3 is 0 Å². The third-order valence-corrected chi connectivity index (χ3v) is 6.03. The Labute approximate surface area is 203 Å². The molecule has 0 amide bonds. The van der Waals surface area contributed by atoms with E-state index >= 15 is 0 Å². The molecule has 5 rings (SSSR count). The van der Waals surface area contributed by atoms with Gasteiger partial charge in [0.05, 0.1) is 51.8 Å². The Balaban J connectivity index is 1.50. The van der Waals surface area contributed by atoms with Crippen LogP contribution >= 0.6 is 0 Å². The first kappa shape index (κ1) is 22.5. The Hall–Kier alpha value is -4.33. The Kier molecular flexibility index (Phi) is 5.86. The zero-order chi connectivity index (χ0) is 24.5. The highest BCUT2D eigenvalue weighted by Crippen LogP contribution is 2.44. The highest BCUT2D eigenvalue weighted by Gasteiger charge is 2.34. The number of fused-ring (bicyclic) bond motifs is 3. The fraction of sp³-hybridized carbons (Fsp3) is 0.222. The minimum Gasteiger partial charge on any atom is -0.495 e. The highest BCUT2D eigenvalue weighted by molar-refractivity contribution is 6.15. The lowest BCUT2D eigenvalue weighted by molar-refractivity contribution is 0.101. The lowest BCUT2D eigenvalue weighted by Gasteiger charge is -2.32. The van der Waals surface area contributed by atoms with Crippen LogP contribution in [0.1, 0.15) is 21.5 Å². The molecule has 8 nitrogen and oxygen atoms in total. The van der Waals surface area contributed by atoms with Crippen LogP contribution in [0.5, 0.6) is 34.5 Å². The molecule has 0 radical (unpaired) electrons. The van der Waals surface area contributed by atoms with Crippen molar-refractivity contribution in [3.05, 3.63) is 71.0 Å². The topological polar surface area (TPSA) is 75.7 Å². The number of allylic oxidation sites excluding steroid dienone is 1. The van der Waals surface area contributed by atoms with E-state index in [1.165, 1.54) is 7.11 Å². The van der Waals surface area contributed by atoms with Gasteiger partial charge in [0, 0.05) is 0 Å². The number of benzene rings is 3.